The molecule has 0 spiro atoms. The number of rotatable bonds is 8. The summed E-state index contributed by atoms with van der Waals surface area (Å²) < 4.78 is 18.6. The van der Waals surface area contributed by atoms with Gasteiger partial charge >= 0.3 is 5.97 Å². The van der Waals surface area contributed by atoms with Crippen LogP contribution in [-0.4, -0.2) is 68.0 Å². The topological polar surface area (TPSA) is 71.0 Å². The highest BCUT2D eigenvalue weighted by atomic mass is 19.3. The van der Waals surface area contributed by atoms with E-state index in [1.54, 1.807) is 0 Å². The maximum Gasteiger partial charge on any atom is 0.308 e. The Bertz CT molecular complexity index is 497. The second-order valence-electron chi connectivity index (χ2n) is 8.37. The minimum atomic E-state index is -0.812. The normalized spacial score (nSPS) is 31.0. The predicted molar refractivity (Wildman–Crippen MR) is 107 cm³/mol. The summed E-state index contributed by atoms with van der Waals surface area (Å²) in [6.45, 7) is 9.48. The van der Waals surface area contributed by atoms with Gasteiger partial charge in [0.1, 0.15) is 6.10 Å². The molecule has 7 heteroatoms. The molecule has 0 saturated carbocycles. The molecule has 4 atom stereocenters. The second-order valence-corrected chi connectivity index (χ2v) is 8.37. The number of nitrogens with zero attached hydrogens (tertiary/aromatic N) is 1. The molecule has 0 radical (unpaired) electrons. The molecule has 162 valence electrons. The lowest BCUT2D eigenvalue weighted by atomic mass is 9.79. The van der Waals surface area contributed by atoms with Crippen LogP contribution in [0.5, 0.6) is 0 Å². The summed E-state index contributed by atoms with van der Waals surface area (Å²) in [6.07, 6.45) is 5.49. The molecule has 2 N–H and O–H groups in total. The van der Waals surface area contributed by atoms with Gasteiger partial charge in [0.2, 0.25) is 0 Å². The number of hydrogen-bond donors (Lipinski definition) is 2. The van der Waals surface area contributed by atoms with Crippen LogP contribution >= 0.6 is 0 Å². The van der Waals surface area contributed by atoms with Crippen molar-refractivity contribution in [2.75, 3.05) is 45.9 Å². The molecule has 6 nitrogen and oxygen atoms in total. The predicted octanol–water partition coefficient (Wildman–Crippen LogP) is 3.04. The number of morpholine rings is 1. The quantitative estimate of drug-likeness (QED) is 0.482. The summed E-state index contributed by atoms with van der Waals surface area (Å²) >= 11 is 0. The Morgan fingerprint density at radius 3 is 2.86 bits per heavy atom. The van der Waals surface area contributed by atoms with Crippen molar-refractivity contribution in [1.82, 2.24) is 10.2 Å². The lowest BCUT2D eigenvalue weighted by Crippen LogP contribution is -2.42. The van der Waals surface area contributed by atoms with Gasteiger partial charge in [-0.15, -0.1) is 0 Å². The van der Waals surface area contributed by atoms with Crippen LogP contribution in [0.25, 0.3) is 0 Å². The first-order valence-electron chi connectivity index (χ1n) is 10.7. The molecule has 4 unspecified atom stereocenters. The van der Waals surface area contributed by atoms with Gasteiger partial charge in [0, 0.05) is 32.7 Å². The number of hydrogen-bond acceptors (Lipinski definition) is 5. The Morgan fingerprint density at radius 2 is 2.18 bits per heavy atom. The zero-order valence-corrected chi connectivity index (χ0v) is 17.4. The van der Waals surface area contributed by atoms with E-state index in [9.17, 15) is 14.4 Å². The minimum absolute atomic E-state index is 0.0679. The van der Waals surface area contributed by atoms with E-state index in [0.717, 1.165) is 65.1 Å². The highest BCUT2D eigenvalue weighted by Gasteiger charge is 2.32. The number of ether oxygens (including phenoxy) is 1. The van der Waals surface area contributed by atoms with Crippen molar-refractivity contribution in [3.8, 4) is 0 Å². The van der Waals surface area contributed by atoms with Gasteiger partial charge in [0.15, 0.2) is 0 Å². The molecular weight excluding hydrogens is 363 g/mol. The maximum atomic E-state index is 13.2. The Labute approximate surface area is 168 Å². The molecule has 2 rings (SSSR count). The monoisotopic (exact) mass is 400 g/mol. The number of nitrogens with one attached hydrogen (secondary N) is 1. The third-order valence-corrected chi connectivity index (χ3v) is 6.27. The van der Waals surface area contributed by atoms with Gasteiger partial charge in [-0.05, 0) is 55.4 Å². The van der Waals surface area contributed by atoms with Crippen LogP contribution in [0.4, 0.5) is 4.53 Å². The van der Waals surface area contributed by atoms with Crippen LogP contribution in [0.2, 0.25) is 0 Å². The fraction of sp³-hybridized carbons (Fsp3) is 0.857. The van der Waals surface area contributed by atoms with Crippen LogP contribution in [0.15, 0.2) is 11.6 Å². The van der Waals surface area contributed by atoms with Crippen LogP contribution < -0.4 is 5.32 Å². The molecule has 1 aliphatic heterocycles. The average Bonchev–Trinajstić information content (AvgIpc) is 2.69. The number of carboxylic acids is 1. The fourth-order valence-electron chi connectivity index (χ4n) is 4.21. The number of allylic oxidation sites excluding steroid dienone is 2. The SMILES string of the molecule is C/C1=C\CCC(C)C(OF)CC(C(CNCCN2CCOCC2)C(=O)O)CC1. The standard InChI is InChI=1S/C21H37FN2O4/c1-16-4-3-5-17(2)20(28-22)14-18(7-6-16)19(21(25)26)15-23-8-9-24-10-12-27-13-11-24/h4,17-20,23H,3,5-15H2,1-2H3,(H,25,26)/b16-4+. The summed E-state index contributed by atoms with van der Waals surface area (Å²) in [4.78, 5) is 18.6. The molecule has 0 aromatic rings. The van der Waals surface area contributed by atoms with E-state index in [0.29, 0.717) is 13.0 Å². The minimum Gasteiger partial charge on any atom is -0.481 e. The lowest BCUT2D eigenvalue weighted by Gasteiger charge is -2.30. The number of carbonyl (C=O) groups is 1. The molecule has 0 amide bonds. The van der Waals surface area contributed by atoms with Crippen molar-refractivity contribution in [2.24, 2.45) is 17.8 Å². The average molecular weight is 401 g/mol. The zero-order chi connectivity index (χ0) is 20.4. The van der Waals surface area contributed by atoms with Gasteiger partial charge in [-0.3, -0.25) is 9.69 Å². The van der Waals surface area contributed by atoms with Gasteiger partial charge in [0.25, 0.3) is 0 Å². The number of aliphatic carboxylic acids is 1. The number of halogens is 1. The zero-order valence-electron chi connectivity index (χ0n) is 17.4. The summed E-state index contributed by atoms with van der Waals surface area (Å²) in [7, 11) is 0. The molecule has 1 fully saturated rings. The van der Waals surface area contributed by atoms with Crippen LogP contribution in [0, 0.1) is 17.8 Å². The van der Waals surface area contributed by atoms with E-state index in [-0.39, 0.29) is 11.8 Å². The van der Waals surface area contributed by atoms with Crippen molar-refractivity contribution < 1.29 is 24.1 Å². The van der Waals surface area contributed by atoms with Gasteiger partial charge in [-0.1, -0.05) is 18.6 Å². The third-order valence-electron chi connectivity index (χ3n) is 6.27. The molecule has 1 saturated heterocycles. The van der Waals surface area contributed by atoms with Crippen LogP contribution in [0.3, 0.4) is 0 Å². The summed E-state index contributed by atoms with van der Waals surface area (Å²) in [5, 5.41) is 13.2. The molecule has 1 heterocycles. The second kappa shape index (κ2) is 12.5. The first kappa shape index (κ1) is 23.3. The van der Waals surface area contributed by atoms with Gasteiger partial charge in [-0.2, -0.15) is 4.94 Å². The molecule has 1 aliphatic carbocycles. The van der Waals surface area contributed by atoms with Gasteiger partial charge < -0.3 is 15.2 Å². The smallest absolute Gasteiger partial charge is 0.308 e. The Morgan fingerprint density at radius 1 is 1.43 bits per heavy atom. The van der Waals surface area contributed by atoms with E-state index < -0.39 is 18.0 Å². The van der Waals surface area contributed by atoms with E-state index in [1.165, 1.54) is 5.57 Å². The Kier molecular flexibility index (Phi) is 10.4. The van der Waals surface area contributed by atoms with Crippen molar-refractivity contribution in [2.45, 2.75) is 52.1 Å². The first-order valence-corrected chi connectivity index (χ1v) is 10.7. The van der Waals surface area contributed by atoms with Crippen molar-refractivity contribution in [3.63, 3.8) is 0 Å². The van der Waals surface area contributed by atoms with Crippen LogP contribution in [-0.2, 0) is 14.5 Å². The molecular formula is C21H37FN2O4. The van der Waals surface area contributed by atoms with E-state index in [4.69, 9.17) is 4.74 Å². The Balaban J connectivity index is 1.93. The van der Waals surface area contributed by atoms with Crippen molar-refractivity contribution in [1.29, 1.82) is 0 Å². The molecule has 0 bridgehead atoms. The van der Waals surface area contributed by atoms with Crippen molar-refractivity contribution >= 4 is 5.97 Å². The van der Waals surface area contributed by atoms with Gasteiger partial charge in [0.05, 0.1) is 19.1 Å². The maximum absolute atomic E-state index is 13.2. The van der Waals surface area contributed by atoms with Gasteiger partial charge in [-0.25, -0.2) is 0 Å². The third kappa shape index (κ3) is 7.78. The highest BCUT2D eigenvalue weighted by molar-refractivity contribution is 5.70. The summed E-state index contributed by atoms with van der Waals surface area (Å²) in [6, 6.07) is 0. The first-order chi connectivity index (χ1) is 13.5. The van der Waals surface area contributed by atoms with E-state index >= 15 is 0 Å². The molecule has 2 aliphatic rings. The van der Waals surface area contributed by atoms with Crippen molar-refractivity contribution in [3.05, 3.63) is 11.6 Å². The fourth-order valence-corrected chi connectivity index (χ4v) is 4.21. The molecule has 0 aromatic carbocycles. The highest BCUT2D eigenvalue weighted by Crippen LogP contribution is 2.31. The largest absolute Gasteiger partial charge is 0.481 e. The summed E-state index contributed by atoms with van der Waals surface area (Å²) in [5.74, 6) is -1.40. The molecule has 0 aromatic heterocycles. The van der Waals surface area contributed by atoms with Crippen LogP contribution in [0.1, 0.15) is 46.0 Å². The Hall–Kier alpha value is -1.02. The van der Waals surface area contributed by atoms with E-state index in [2.05, 4.69) is 28.2 Å². The van der Waals surface area contributed by atoms with E-state index in [1.807, 2.05) is 6.92 Å². The lowest BCUT2D eigenvalue weighted by molar-refractivity contribution is -0.202. The molecule has 28 heavy (non-hydrogen) atoms. The summed E-state index contributed by atoms with van der Waals surface area (Å²) in [5.41, 5.74) is 1.29. The number of carboxylic acid groups (broad SMARTS) is 1.